The molecule has 158 valence electrons. The Bertz CT molecular complexity index is 1090. The van der Waals surface area contributed by atoms with E-state index < -0.39 is 0 Å². The van der Waals surface area contributed by atoms with Crippen molar-refractivity contribution >= 4 is 45.8 Å². The molecule has 3 amide bonds. The molecule has 1 aliphatic heterocycles. The summed E-state index contributed by atoms with van der Waals surface area (Å²) in [6, 6.07) is 13.6. The van der Waals surface area contributed by atoms with Crippen LogP contribution in [-0.2, 0) is 6.42 Å². The SMILES string of the molecule is O=C(Nc1ncc(CCCCCN2C(=O)c3ccccc3C2=O)s1)c1ccc(Cl)cc1. The van der Waals surface area contributed by atoms with Gasteiger partial charge < -0.3 is 0 Å². The van der Waals surface area contributed by atoms with Gasteiger partial charge in [0.1, 0.15) is 0 Å². The molecule has 31 heavy (non-hydrogen) atoms. The number of carbonyl (C=O) groups excluding carboxylic acids is 3. The van der Waals surface area contributed by atoms with E-state index in [1.165, 1.54) is 16.2 Å². The van der Waals surface area contributed by atoms with E-state index in [1.807, 2.05) is 0 Å². The van der Waals surface area contributed by atoms with Crippen LogP contribution in [0, 0.1) is 0 Å². The van der Waals surface area contributed by atoms with Gasteiger partial charge in [0.15, 0.2) is 5.13 Å². The molecule has 1 aliphatic rings. The van der Waals surface area contributed by atoms with Gasteiger partial charge in [-0.25, -0.2) is 4.98 Å². The topological polar surface area (TPSA) is 79.4 Å². The summed E-state index contributed by atoms with van der Waals surface area (Å²) in [5, 5.41) is 3.94. The van der Waals surface area contributed by atoms with E-state index >= 15 is 0 Å². The van der Waals surface area contributed by atoms with E-state index in [-0.39, 0.29) is 17.7 Å². The predicted octanol–water partition coefficient (Wildman–Crippen LogP) is 5.06. The molecular weight excluding hydrogens is 434 g/mol. The van der Waals surface area contributed by atoms with Crippen molar-refractivity contribution < 1.29 is 14.4 Å². The molecule has 1 N–H and O–H groups in total. The molecule has 6 nitrogen and oxygen atoms in total. The Morgan fingerprint density at radius 3 is 2.32 bits per heavy atom. The first kappa shape index (κ1) is 21.2. The summed E-state index contributed by atoms with van der Waals surface area (Å²) in [6.45, 7) is 0.428. The van der Waals surface area contributed by atoms with Crippen molar-refractivity contribution in [1.82, 2.24) is 9.88 Å². The highest BCUT2D eigenvalue weighted by Gasteiger charge is 2.34. The second-order valence-electron chi connectivity index (χ2n) is 7.21. The number of amides is 3. The molecule has 0 fully saturated rings. The van der Waals surface area contributed by atoms with Gasteiger partial charge in [0, 0.05) is 28.2 Å². The maximum Gasteiger partial charge on any atom is 0.261 e. The van der Waals surface area contributed by atoms with E-state index in [4.69, 9.17) is 11.6 Å². The molecule has 0 saturated heterocycles. The van der Waals surface area contributed by atoms with E-state index in [0.717, 1.165) is 30.6 Å². The van der Waals surface area contributed by atoms with Crippen LogP contribution in [0.1, 0.15) is 55.2 Å². The number of aryl methyl sites for hydroxylation is 1. The van der Waals surface area contributed by atoms with Crippen molar-refractivity contribution in [3.8, 4) is 0 Å². The summed E-state index contributed by atoms with van der Waals surface area (Å²) in [5.74, 6) is -0.633. The lowest BCUT2D eigenvalue weighted by Gasteiger charge is -2.13. The molecule has 0 atom stereocenters. The number of hydrogen-bond donors (Lipinski definition) is 1. The van der Waals surface area contributed by atoms with Crippen molar-refractivity contribution in [3.63, 3.8) is 0 Å². The second-order valence-corrected chi connectivity index (χ2v) is 8.76. The molecule has 2 heterocycles. The van der Waals surface area contributed by atoms with Gasteiger partial charge >= 0.3 is 0 Å². The Morgan fingerprint density at radius 2 is 1.65 bits per heavy atom. The minimum Gasteiger partial charge on any atom is -0.298 e. The maximum atomic E-state index is 12.4. The second kappa shape index (κ2) is 9.41. The summed E-state index contributed by atoms with van der Waals surface area (Å²) < 4.78 is 0. The number of nitrogens with zero attached hydrogens (tertiary/aromatic N) is 2. The van der Waals surface area contributed by atoms with Crippen LogP contribution >= 0.6 is 22.9 Å². The lowest BCUT2D eigenvalue weighted by Crippen LogP contribution is -2.30. The number of halogens is 1. The molecule has 0 saturated carbocycles. The Balaban J connectivity index is 1.20. The number of fused-ring (bicyclic) bond motifs is 1. The fourth-order valence-electron chi connectivity index (χ4n) is 3.44. The van der Waals surface area contributed by atoms with Crippen molar-refractivity contribution in [1.29, 1.82) is 0 Å². The number of aromatic nitrogens is 1. The molecule has 8 heteroatoms. The Hall–Kier alpha value is -3.03. The Morgan fingerprint density at radius 1 is 0.968 bits per heavy atom. The summed E-state index contributed by atoms with van der Waals surface area (Å²) in [4.78, 5) is 43.6. The van der Waals surface area contributed by atoms with E-state index in [2.05, 4.69) is 10.3 Å². The van der Waals surface area contributed by atoms with Crippen molar-refractivity contribution in [2.75, 3.05) is 11.9 Å². The third-order valence-electron chi connectivity index (χ3n) is 5.06. The molecule has 0 spiro atoms. The first-order valence-electron chi connectivity index (χ1n) is 10.00. The van der Waals surface area contributed by atoms with Crippen molar-refractivity contribution in [3.05, 3.63) is 81.3 Å². The predicted molar refractivity (Wildman–Crippen MR) is 121 cm³/mol. The van der Waals surface area contributed by atoms with Crippen LogP contribution in [-0.4, -0.2) is 34.2 Å². The molecule has 2 aromatic carbocycles. The monoisotopic (exact) mass is 453 g/mol. The van der Waals surface area contributed by atoms with Gasteiger partial charge in [0.25, 0.3) is 17.7 Å². The number of thiazole rings is 1. The average Bonchev–Trinajstić information content (AvgIpc) is 3.31. The summed E-state index contributed by atoms with van der Waals surface area (Å²) in [6.07, 6.45) is 5.15. The van der Waals surface area contributed by atoms with Crippen molar-refractivity contribution in [2.45, 2.75) is 25.7 Å². The standard InChI is InChI=1S/C23H20ClN3O3S/c24-16-11-9-15(10-12-16)20(28)26-23-25-14-17(31-23)6-2-1-5-13-27-21(29)18-7-3-4-8-19(18)22(27)30/h3-4,7-12,14H,1-2,5-6,13H2,(H,25,26,28). The molecule has 0 aliphatic carbocycles. The van der Waals surface area contributed by atoms with Crippen LogP contribution in [0.15, 0.2) is 54.7 Å². The minimum absolute atomic E-state index is 0.205. The number of nitrogens with one attached hydrogen (secondary N) is 1. The number of unbranched alkanes of at least 4 members (excludes halogenated alkanes) is 2. The van der Waals surface area contributed by atoms with Crippen LogP contribution in [0.4, 0.5) is 5.13 Å². The average molecular weight is 454 g/mol. The molecule has 4 rings (SSSR count). The highest BCUT2D eigenvalue weighted by atomic mass is 35.5. The first-order valence-corrected chi connectivity index (χ1v) is 11.2. The van der Waals surface area contributed by atoms with Crippen LogP contribution in [0.5, 0.6) is 0 Å². The third-order valence-corrected chi connectivity index (χ3v) is 6.29. The van der Waals surface area contributed by atoms with Crippen LogP contribution in [0.2, 0.25) is 5.02 Å². The Labute approximate surface area is 188 Å². The van der Waals surface area contributed by atoms with Gasteiger partial charge in [0.2, 0.25) is 0 Å². The summed E-state index contributed by atoms with van der Waals surface area (Å²) in [7, 11) is 0. The zero-order valence-electron chi connectivity index (χ0n) is 16.6. The van der Waals surface area contributed by atoms with E-state index in [9.17, 15) is 14.4 Å². The quantitative estimate of drug-likeness (QED) is 0.382. The molecule has 0 radical (unpaired) electrons. The lowest BCUT2D eigenvalue weighted by atomic mass is 10.1. The number of imide groups is 1. The zero-order valence-corrected chi connectivity index (χ0v) is 18.2. The van der Waals surface area contributed by atoms with Gasteiger partial charge in [-0.15, -0.1) is 11.3 Å². The van der Waals surface area contributed by atoms with Crippen molar-refractivity contribution in [2.24, 2.45) is 0 Å². The molecule has 0 bridgehead atoms. The normalized spacial score (nSPS) is 12.9. The van der Waals surface area contributed by atoms with Crippen LogP contribution in [0.3, 0.4) is 0 Å². The number of benzene rings is 2. The Kier molecular flexibility index (Phi) is 6.44. The summed E-state index contributed by atoms with van der Waals surface area (Å²) >= 11 is 7.29. The highest BCUT2D eigenvalue weighted by molar-refractivity contribution is 7.15. The first-order chi connectivity index (χ1) is 15.0. The number of rotatable bonds is 8. The number of carbonyl (C=O) groups is 3. The minimum atomic E-state index is -0.224. The molecule has 1 aromatic heterocycles. The largest absolute Gasteiger partial charge is 0.298 e. The fraction of sp³-hybridized carbons (Fsp3) is 0.217. The lowest BCUT2D eigenvalue weighted by molar-refractivity contribution is 0.0651. The summed E-state index contributed by atoms with van der Waals surface area (Å²) in [5.41, 5.74) is 1.50. The van der Waals surface area contributed by atoms with Gasteiger partial charge in [-0.05, 0) is 55.7 Å². The number of hydrogen-bond acceptors (Lipinski definition) is 5. The maximum absolute atomic E-state index is 12.4. The van der Waals surface area contributed by atoms with Gasteiger partial charge in [-0.1, -0.05) is 30.2 Å². The smallest absolute Gasteiger partial charge is 0.261 e. The van der Waals surface area contributed by atoms with Gasteiger partial charge in [-0.2, -0.15) is 0 Å². The fourth-order valence-corrected chi connectivity index (χ4v) is 4.41. The highest BCUT2D eigenvalue weighted by Crippen LogP contribution is 2.24. The zero-order chi connectivity index (χ0) is 21.8. The van der Waals surface area contributed by atoms with Gasteiger partial charge in [0.05, 0.1) is 11.1 Å². The van der Waals surface area contributed by atoms with Crippen LogP contribution < -0.4 is 5.32 Å². The van der Waals surface area contributed by atoms with Gasteiger partial charge in [-0.3, -0.25) is 24.6 Å². The molecule has 0 unspecified atom stereocenters. The van der Waals surface area contributed by atoms with E-state index in [1.54, 1.807) is 54.7 Å². The molecular formula is C23H20ClN3O3S. The van der Waals surface area contributed by atoms with E-state index in [0.29, 0.717) is 33.4 Å². The molecule has 3 aromatic rings. The third kappa shape index (κ3) is 4.84. The number of anilines is 1. The van der Waals surface area contributed by atoms with Crippen LogP contribution in [0.25, 0.3) is 0 Å².